The second-order valence-corrected chi connectivity index (χ2v) is 9.75. The maximum absolute atomic E-state index is 13.8. The Labute approximate surface area is 220 Å². The summed E-state index contributed by atoms with van der Waals surface area (Å²) in [6.45, 7) is 3.25. The Kier molecular flexibility index (Phi) is 7.26. The number of benzene rings is 3. The van der Waals surface area contributed by atoms with E-state index in [9.17, 15) is 9.59 Å². The van der Waals surface area contributed by atoms with Crippen LogP contribution < -0.4 is 10.6 Å². The van der Waals surface area contributed by atoms with Gasteiger partial charge in [0.1, 0.15) is 18.0 Å². The van der Waals surface area contributed by atoms with E-state index in [4.69, 9.17) is 22.1 Å². The molecule has 5 rings (SSSR count). The molecule has 3 aromatic carbocycles. The van der Waals surface area contributed by atoms with Gasteiger partial charge in [-0.3, -0.25) is 9.59 Å². The number of aryl methyl sites for hydroxylation is 2. The Balaban J connectivity index is 1.53. The maximum Gasteiger partial charge on any atom is 0.256 e. The largest absolute Gasteiger partial charge is 0.370 e. The van der Waals surface area contributed by atoms with Crippen LogP contribution in [0, 0.1) is 6.92 Å². The van der Waals surface area contributed by atoms with E-state index in [0.29, 0.717) is 11.6 Å². The number of rotatable bonds is 8. The highest BCUT2D eigenvalue weighted by Gasteiger charge is 2.37. The number of carbonyl (C=O) groups excluding carboxylic acids is 2. The summed E-state index contributed by atoms with van der Waals surface area (Å²) in [6, 6.07) is 19.5. The monoisotopic (exact) mass is 516 g/mol. The predicted octanol–water partition coefficient (Wildman–Crippen LogP) is 5.18. The highest BCUT2D eigenvalue weighted by Crippen LogP contribution is 2.42. The lowest BCUT2D eigenvalue weighted by atomic mass is 9.94. The molecule has 0 fully saturated rings. The lowest BCUT2D eigenvalue weighted by molar-refractivity contribution is -0.137. The zero-order valence-electron chi connectivity index (χ0n) is 20.6. The number of hydrogen-bond donors (Lipinski definition) is 1. The predicted molar refractivity (Wildman–Crippen MR) is 144 cm³/mol. The average Bonchev–Trinajstić information content (AvgIpc) is 3.26. The molecule has 190 valence electrons. The van der Waals surface area contributed by atoms with Gasteiger partial charge >= 0.3 is 0 Å². The summed E-state index contributed by atoms with van der Waals surface area (Å²) in [5, 5.41) is 2.61. The topological polar surface area (TPSA) is 90.5 Å². The van der Waals surface area contributed by atoms with Crippen molar-refractivity contribution in [2.75, 3.05) is 11.4 Å². The van der Waals surface area contributed by atoms with Gasteiger partial charge in [0.05, 0.1) is 6.42 Å². The minimum atomic E-state index is -1.01. The van der Waals surface area contributed by atoms with E-state index < -0.39 is 18.1 Å². The highest BCUT2D eigenvalue weighted by atomic mass is 35.5. The molecule has 2 amide bonds. The van der Waals surface area contributed by atoms with Crippen LogP contribution in [0.25, 0.3) is 10.8 Å². The Bertz CT molecular complexity index is 1440. The number of imidazole rings is 1. The Hall–Kier alpha value is -3.68. The number of ether oxygens (including phenoxy) is 1. The van der Waals surface area contributed by atoms with Gasteiger partial charge in [0.2, 0.25) is 5.91 Å². The van der Waals surface area contributed by atoms with Crippen LogP contribution in [0.2, 0.25) is 5.02 Å². The maximum atomic E-state index is 13.8. The fourth-order valence-electron chi connectivity index (χ4n) is 5.03. The van der Waals surface area contributed by atoms with Crippen LogP contribution in [-0.4, -0.2) is 34.0 Å². The van der Waals surface area contributed by atoms with Gasteiger partial charge in [0.25, 0.3) is 5.91 Å². The van der Waals surface area contributed by atoms with Gasteiger partial charge in [-0.15, -0.1) is 0 Å². The number of unbranched alkanes of at least 4 members (excludes halogenated alkanes) is 1. The van der Waals surface area contributed by atoms with Crippen molar-refractivity contribution in [1.29, 1.82) is 0 Å². The molecule has 0 bridgehead atoms. The van der Waals surface area contributed by atoms with E-state index in [1.54, 1.807) is 17.2 Å². The first-order valence-electron chi connectivity index (χ1n) is 12.4. The van der Waals surface area contributed by atoms with Gasteiger partial charge in [-0.25, -0.2) is 4.98 Å². The fraction of sp³-hybridized carbons (Fsp3) is 0.276. The van der Waals surface area contributed by atoms with Crippen LogP contribution in [-0.2, 0) is 20.9 Å². The second kappa shape index (κ2) is 10.7. The van der Waals surface area contributed by atoms with E-state index in [-0.39, 0.29) is 12.3 Å². The summed E-state index contributed by atoms with van der Waals surface area (Å²) in [5.41, 5.74) is 7.98. The SMILES string of the molecule is Cc1nccn1CCCCN1C(=O)[C@@H](CC(N)=O)O[C@H](c2cccc3ccccc23)c2cc(Cl)ccc21. The Morgan fingerprint density at radius 3 is 2.62 bits per heavy atom. The number of hydrogen-bond acceptors (Lipinski definition) is 4. The van der Waals surface area contributed by atoms with E-state index in [1.807, 2.05) is 67.7 Å². The molecule has 1 aliphatic rings. The summed E-state index contributed by atoms with van der Waals surface area (Å²) in [4.78, 5) is 31.8. The molecule has 1 aliphatic heterocycles. The summed E-state index contributed by atoms with van der Waals surface area (Å²) >= 11 is 6.46. The first kappa shape index (κ1) is 25.0. The molecular formula is C29H29ClN4O3. The third kappa shape index (κ3) is 5.24. The number of nitrogens with zero attached hydrogens (tertiary/aromatic N) is 3. The van der Waals surface area contributed by atoms with Crippen LogP contribution in [0.1, 0.15) is 42.3 Å². The van der Waals surface area contributed by atoms with Crippen molar-refractivity contribution in [2.24, 2.45) is 5.73 Å². The molecule has 37 heavy (non-hydrogen) atoms. The van der Waals surface area contributed by atoms with Crippen molar-refractivity contribution >= 4 is 39.9 Å². The fourth-order valence-corrected chi connectivity index (χ4v) is 5.21. The van der Waals surface area contributed by atoms with Gasteiger partial charge in [0, 0.05) is 41.8 Å². The normalized spacial score (nSPS) is 17.6. The number of amides is 2. The van der Waals surface area contributed by atoms with Gasteiger partial charge < -0.3 is 19.9 Å². The average molecular weight is 517 g/mol. The minimum absolute atomic E-state index is 0.202. The molecule has 2 atom stereocenters. The standard InChI is InChI=1S/C29H29ClN4O3/c1-19-32-13-16-33(19)14-4-5-15-34-25-12-11-21(30)17-24(25)28(37-26(29(34)36)18-27(31)35)23-10-6-8-20-7-2-3-9-22(20)23/h2-3,6-13,16-17,26,28H,4-5,14-15,18H2,1H3,(H2,31,35)/t26-,28-/m1/s1. The van der Waals surface area contributed by atoms with Crippen molar-refractivity contribution in [2.45, 2.75) is 44.9 Å². The summed E-state index contributed by atoms with van der Waals surface area (Å²) in [5.74, 6) is 0.0946. The molecule has 2 heterocycles. The number of nitrogens with two attached hydrogens (primary N) is 1. The van der Waals surface area contributed by atoms with Crippen molar-refractivity contribution in [3.8, 4) is 0 Å². The third-order valence-electron chi connectivity index (χ3n) is 6.85. The molecule has 0 radical (unpaired) electrons. The molecule has 0 saturated carbocycles. The highest BCUT2D eigenvalue weighted by molar-refractivity contribution is 6.30. The summed E-state index contributed by atoms with van der Waals surface area (Å²) < 4.78 is 8.55. The molecular weight excluding hydrogens is 488 g/mol. The van der Waals surface area contributed by atoms with E-state index in [0.717, 1.165) is 52.8 Å². The van der Waals surface area contributed by atoms with E-state index >= 15 is 0 Å². The number of halogens is 1. The first-order valence-corrected chi connectivity index (χ1v) is 12.8. The van der Waals surface area contributed by atoms with E-state index in [1.165, 1.54) is 0 Å². The van der Waals surface area contributed by atoms with Crippen LogP contribution in [0.3, 0.4) is 0 Å². The zero-order valence-corrected chi connectivity index (χ0v) is 21.4. The second-order valence-electron chi connectivity index (χ2n) is 9.31. The molecule has 8 heteroatoms. The third-order valence-corrected chi connectivity index (χ3v) is 7.09. The molecule has 0 saturated heterocycles. The molecule has 1 aromatic heterocycles. The summed E-state index contributed by atoms with van der Waals surface area (Å²) in [7, 11) is 0. The van der Waals surface area contributed by atoms with E-state index in [2.05, 4.69) is 9.55 Å². The number of anilines is 1. The van der Waals surface area contributed by atoms with Gasteiger partial charge in [-0.2, -0.15) is 0 Å². The first-order chi connectivity index (χ1) is 17.9. The molecule has 0 aliphatic carbocycles. The van der Waals surface area contributed by atoms with Crippen molar-refractivity contribution < 1.29 is 14.3 Å². The number of aromatic nitrogens is 2. The van der Waals surface area contributed by atoms with Gasteiger partial charge in [0.15, 0.2) is 0 Å². The number of primary amides is 1. The molecule has 4 aromatic rings. The van der Waals surface area contributed by atoms with Gasteiger partial charge in [-0.05, 0) is 54.3 Å². The molecule has 0 unspecified atom stereocenters. The Morgan fingerprint density at radius 2 is 1.84 bits per heavy atom. The lowest BCUT2D eigenvalue weighted by Crippen LogP contribution is -2.41. The minimum Gasteiger partial charge on any atom is -0.370 e. The van der Waals surface area contributed by atoms with Crippen molar-refractivity contribution in [1.82, 2.24) is 9.55 Å². The summed E-state index contributed by atoms with van der Waals surface area (Å²) in [6.07, 6.45) is 3.54. The number of fused-ring (bicyclic) bond motifs is 2. The Morgan fingerprint density at radius 1 is 1.05 bits per heavy atom. The van der Waals surface area contributed by atoms with Crippen LogP contribution in [0.15, 0.2) is 73.1 Å². The number of carbonyl (C=O) groups is 2. The van der Waals surface area contributed by atoms with Crippen molar-refractivity contribution in [3.63, 3.8) is 0 Å². The molecule has 7 nitrogen and oxygen atoms in total. The quantitative estimate of drug-likeness (QED) is 0.327. The molecule has 0 spiro atoms. The van der Waals surface area contributed by atoms with Crippen LogP contribution in [0.4, 0.5) is 5.69 Å². The van der Waals surface area contributed by atoms with Crippen LogP contribution in [0.5, 0.6) is 0 Å². The lowest BCUT2D eigenvalue weighted by Gasteiger charge is -2.25. The van der Waals surface area contributed by atoms with Crippen molar-refractivity contribution in [3.05, 3.63) is 95.0 Å². The molecule has 2 N–H and O–H groups in total. The zero-order chi connectivity index (χ0) is 25.9. The van der Waals surface area contributed by atoms with Crippen LogP contribution >= 0.6 is 11.6 Å². The smallest absolute Gasteiger partial charge is 0.256 e. The van der Waals surface area contributed by atoms with Gasteiger partial charge in [-0.1, -0.05) is 54.1 Å².